The molecule has 3 heterocycles. The van der Waals surface area contributed by atoms with E-state index < -0.39 is 21.4 Å². The van der Waals surface area contributed by atoms with Crippen molar-refractivity contribution in [2.75, 3.05) is 18.9 Å². The number of nitrogens with zero attached hydrogens (tertiary/aromatic N) is 5. The van der Waals surface area contributed by atoms with Crippen molar-refractivity contribution >= 4 is 16.0 Å². The minimum atomic E-state index is -4.25. The van der Waals surface area contributed by atoms with Crippen LogP contribution in [-0.4, -0.2) is 52.7 Å². The van der Waals surface area contributed by atoms with Gasteiger partial charge in [0.25, 0.3) is 0 Å². The lowest BCUT2D eigenvalue weighted by Crippen LogP contribution is -2.32. The third kappa shape index (κ3) is 4.97. The number of nitrogens with one attached hydrogen (secondary N) is 1. The first-order valence-electron chi connectivity index (χ1n) is 11.0. The maximum atomic E-state index is 13.4. The molecule has 0 aliphatic heterocycles. The van der Waals surface area contributed by atoms with Crippen molar-refractivity contribution in [3.05, 3.63) is 65.7 Å². The van der Waals surface area contributed by atoms with Gasteiger partial charge in [0.1, 0.15) is 40.4 Å². The number of hydrogen-bond donors (Lipinski definition) is 2. The van der Waals surface area contributed by atoms with Gasteiger partial charge in [0, 0.05) is 6.20 Å². The molecule has 4 rings (SSSR count). The van der Waals surface area contributed by atoms with Crippen molar-refractivity contribution in [3.8, 4) is 34.8 Å². The van der Waals surface area contributed by atoms with Crippen molar-refractivity contribution in [1.29, 1.82) is 5.26 Å². The highest BCUT2D eigenvalue weighted by Gasteiger charge is 2.33. The predicted molar refractivity (Wildman–Crippen MR) is 133 cm³/mol. The van der Waals surface area contributed by atoms with E-state index in [4.69, 9.17) is 19.2 Å². The Hall–Kier alpha value is -4.41. The Balaban J connectivity index is 1.79. The summed E-state index contributed by atoms with van der Waals surface area (Å²) < 4.78 is 47.3. The topological polar surface area (TPSA) is 165 Å². The third-order valence-corrected chi connectivity index (χ3v) is 7.34. The minimum Gasteiger partial charge on any atom is -0.494 e. The van der Waals surface area contributed by atoms with Crippen LogP contribution in [0.4, 0.5) is 5.95 Å². The number of sulfonamides is 1. The number of hydrogen-bond acceptors (Lipinski definition) is 10. The van der Waals surface area contributed by atoms with Crippen LogP contribution in [-0.2, 0) is 10.0 Å². The Bertz CT molecular complexity index is 1530. The fourth-order valence-corrected chi connectivity index (χ4v) is 4.66. The zero-order valence-corrected chi connectivity index (χ0v) is 21.2. The second kappa shape index (κ2) is 10.3. The van der Waals surface area contributed by atoms with Crippen LogP contribution in [0.25, 0.3) is 17.3 Å². The van der Waals surface area contributed by atoms with E-state index in [1.54, 1.807) is 37.3 Å². The number of ether oxygens (including phenoxy) is 2. The molecule has 0 radical (unpaired) electrons. The first-order valence-corrected chi connectivity index (χ1v) is 12.5. The predicted octanol–water partition coefficient (Wildman–Crippen LogP) is 2.98. The van der Waals surface area contributed by atoms with Gasteiger partial charge in [-0.3, -0.25) is 14.3 Å². The summed E-state index contributed by atoms with van der Waals surface area (Å²) in [6, 6.07) is 13.3. The summed E-state index contributed by atoms with van der Waals surface area (Å²) in [5.74, 6) is 1.68. The number of rotatable bonds is 9. The molecule has 192 valence electrons. The Morgan fingerprint density at radius 1 is 1.11 bits per heavy atom. The highest BCUT2D eigenvalue weighted by atomic mass is 32.2. The third-order valence-electron chi connectivity index (χ3n) is 5.64. The lowest BCUT2D eigenvalue weighted by molar-refractivity contribution is 0.171. The molecular formula is C24H24N6O6S. The van der Waals surface area contributed by atoms with Crippen LogP contribution in [0.2, 0.25) is 0 Å². The molecule has 37 heavy (non-hydrogen) atoms. The number of aliphatic hydroxyl groups excluding tert-OH is 1. The Labute approximate surface area is 213 Å². The SMILES string of the molecule is COc1cccc(OC)c1-n1c(NS(=O)(=O)C(C)C(O)c2ccc(C#N)cn2)nnc1-c1ccc(C)o1. The summed E-state index contributed by atoms with van der Waals surface area (Å²) in [5.41, 5.74) is 0.710. The lowest BCUT2D eigenvalue weighted by Gasteiger charge is -2.21. The van der Waals surface area contributed by atoms with E-state index in [-0.39, 0.29) is 23.0 Å². The fourth-order valence-electron chi connectivity index (χ4n) is 3.61. The van der Waals surface area contributed by atoms with Crippen LogP contribution in [0, 0.1) is 18.3 Å². The quantitative estimate of drug-likeness (QED) is 0.332. The van der Waals surface area contributed by atoms with E-state index in [0.717, 1.165) is 0 Å². The Morgan fingerprint density at radius 3 is 2.35 bits per heavy atom. The molecule has 0 bridgehead atoms. The van der Waals surface area contributed by atoms with Gasteiger partial charge in [0.05, 0.1) is 25.5 Å². The summed E-state index contributed by atoms with van der Waals surface area (Å²) in [7, 11) is -1.32. The van der Waals surface area contributed by atoms with Crippen LogP contribution in [0.5, 0.6) is 11.5 Å². The number of benzene rings is 1. The average molecular weight is 525 g/mol. The average Bonchev–Trinajstić information content (AvgIpc) is 3.52. The number of nitriles is 1. The van der Waals surface area contributed by atoms with Crippen molar-refractivity contribution < 1.29 is 27.4 Å². The summed E-state index contributed by atoms with van der Waals surface area (Å²) in [6.07, 6.45) is -0.234. The first kappa shape index (κ1) is 25.7. The highest BCUT2D eigenvalue weighted by molar-refractivity contribution is 7.93. The second-order valence-electron chi connectivity index (χ2n) is 7.98. The van der Waals surface area contributed by atoms with E-state index in [2.05, 4.69) is 19.9 Å². The molecule has 2 unspecified atom stereocenters. The number of para-hydroxylation sites is 1. The van der Waals surface area contributed by atoms with Gasteiger partial charge in [-0.15, -0.1) is 10.2 Å². The summed E-state index contributed by atoms with van der Waals surface area (Å²) >= 11 is 0. The Kier molecular flexibility index (Phi) is 7.14. The van der Waals surface area contributed by atoms with Crippen LogP contribution in [0.3, 0.4) is 0 Å². The molecule has 4 aromatic rings. The lowest BCUT2D eigenvalue weighted by atomic mass is 10.1. The van der Waals surface area contributed by atoms with E-state index in [9.17, 15) is 13.5 Å². The number of aromatic nitrogens is 4. The molecule has 0 amide bonds. The van der Waals surface area contributed by atoms with Gasteiger partial charge in [-0.2, -0.15) is 5.26 Å². The summed E-state index contributed by atoms with van der Waals surface area (Å²) in [6.45, 7) is 3.09. The molecule has 2 atom stereocenters. The zero-order chi connectivity index (χ0) is 26.7. The van der Waals surface area contributed by atoms with Gasteiger partial charge in [-0.25, -0.2) is 8.42 Å². The molecule has 1 aromatic carbocycles. The van der Waals surface area contributed by atoms with Gasteiger partial charge in [-0.05, 0) is 50.2 Å². The van der Waals surface area contributed by atoms with Gasteiger partial charge >= 0.3 is 0 Å². The number of furan rings is 1. The van der Waals surface area contributed by atoms with E-state index >= 15 is 0 Å². The van der Waals surface area contributed by atoms with Crippen LogP contribution in [0.1, 0.15) is 30.0 Å². The maximum Gasteiger partial charge on any atom is 0.243 e. The molecule has 0 spiro atoms. The largest absolute Gasteiger partial charge is 0.494 e. The molecule has 2 N–H and O–H groups in total. The van der Waals surface area contributed by atoms with Crippen molar-refractivity contribution in [2.45, 2.75) is 25.2 Å². The molecule has 0 aliphatic rings. The molecule has 0 saturated carbocycles. The first-order chi connectivity index (χ1) is 17.7. The van der Waals surface area contributed by atoms with Crippen molar-refractivity contribution in [3.63, 3.8) is 0 Å². The molecule has 13 heteroatoms. The number of pyridine rings is 1. The van der Waals surface area contributed by atoms with Crippen LogP contribution >= 0.6 is 0 Å². The van der Waals surface area contributed by atoms with E-state index in [1.807, 2.05) is 6.07 Å². The fraction of sp³-hybridized carbons (Fsp3) is 0.250. The van der Waals surface area contributed by atoms with Crippen molar-refractivity contribution in [2.24, 2.45) is 0 Å². The normalized spacial score (nSPS) is 13.0. The van der Waals surface area contributed by atoms with Crippen LogP contribution < -0.4 is 14.2 Å². The monoisotopic (exact) mass is 524 g/mol. The standard InChI is InChI=1S/C24H24N6O6S/c1-14-8-11-20(36-14)23-27-28-24(30(23)21-18(34-3)6-5-7-19(21)35-4)29-37(32,33)15(2)22(31)17-10-9-16(12-25)13-26-17/h5-11,13,15,22,31H,1-4H3,(H,28,29). The molecule has 12 nitrogen and oxygen atoms in total. The van der Waals surface area contributed by atoms with Gasteiger partial charge in [0.15, 0.2) is 5.76 Å². The summed E-state index contributed by atoms with van der Waals surface area (Å²) in [4.78, 5) is 4.00. The van der Waals surface area contributed by atoms with Crippen molar-refractivity contribution in [1.82, 2.24) is 19.7 Å². The number of anilines is 1. The molecule has 0 fully saturated rings. The number of aryl methyl sites for hydroxylation is 1. The highest BCUT2D eigenvalue weighted by Crippen LogP contribution is 2.38. The van der Waals surface area contributed by atoms with Crippen LogP contribution in [0.15, 0.2) is 53.1 Å². The molecular weight excluding hydrogens is 500 g/mol. The zero-order valence-electron chi connectivity index (χ0n) is 20.4. The van der Waals surface area contributed by atoms with Gasteiger partial charge in [-0.1, -0.05) is 6.07 Å². The number of aliphatic hydroxyl groups is 1. The second-order valence-corrected chi connectivity index (χ2v) is 10.0. The minimum absolute atomic E-state index is 0.0940. The molecule has 0 saturated heterocycles. The van der Waals surface area contributed by atoms with Gasteiger partial charge < -0.3 is 19.0 Å². The Morgan fingerprint density at radius 2 is 1.81 bits per heavy atom. The summed E-state index contributed by atoms with van der Waals surface area (Å²) in [5, 5.41) is 26.6. The molecule has 3 aromatic heterocycles. The molecule has 0 aliphatic carbocycles. The van der Waals surface area contributed by atoms with E-state index in [1.165, 1.54) is 44.0 Å². The van der Waals surface area contributed by atoms with E-state index in [0.29, 0.717) is 28.7 Å². The smallest absolute Gasteiger partial charge is 0.243 e. The maximum absolute atomic E-state index is 13.4. The number of methoxy groups -OCH3 is 2. The van der Waals surface area contributed by atoms with Gasteiger partial charge in [0.2, 0.25) is 21.8 Å².